The van der Waals surface area contributed by atoms with Gasteiger partial charge in [0, 0.05) is 38.8 Å². The molecule has 6 heteroatoms. The van der Waals surface area contributed by atoms with E-state index in [2.05, 4.69) is 144 Å². The number of pyridine rings is 1. The number of imidazole rings is 1. The normalized spacial score (nSPS) is 12.0. The van der Waals surface area contributed by atoms with E-state index in [4.69, 9.17) is 4.98 Å². The van der Waals surface area contributed by atoms with Crippen LogP contribution in [0.25, 0.3) is 104 Å². The molecule has 0 radical (unpaired) electrons. The first-order valence-electron chi connectivity index (χ1n) is 19.0. The molecule has 0 bridgehead atoms. The van der Waals surface area contributed by atoms with Crippen molar-refractivity contribution in [3.8, 4) is 16.9 Å². The summed E-state index contributed by atoms with van der Waals surface area (Å²) in [4.78, 5) is 4.90. The first-order valence-corrected chi connectivity index (χ1v) is 19.0. The maximum Gasteiger partial charge on any atom is 3.00 e. The van der Waals surface area contributed by atoms with Crippen LogP contribution in [0.1, 0.15) is 11.1 Å². The second-order valence-corrected chi connectivity index (χ2v) is 15.0. The number of aromatic nitrogens is 5. The number of hydrogen-bond acceptors (Lipinski definition) is 1. The van der Waals surface area contributed by atoms with Crippen molar-refractivity contribution in [3.05, 3.63) is 175 Å². The summed E-state index contributed by atoms with van der Waals surface area (Å²) in [5.74, 6) is 0. The van der Waals surface area contributed by atoms with E-state index < -0.39 is 0 Å². The zero-order valence-corrected chi connectivity index (χ0v) is 33.8. The predicted octanol–water partition coefficient (Wildman–Crippen LogP) is 11.5. The van der Waals surface area contributed by atoms with Crippen LogP contribution in [0.4, 0.5) is 0 Å². The van der Waals surface area contributed by atoms with Gasteiger partial charge >= 0.3 is 20.1 Å². The van der Waals surface area contributed by atoms with Gasteiger partial charge in [-0.05, 0) is 65.7 Å². The van der Waals surface area contributed by atoms with Gasteiger partial charge in [-0.2, -0.15) is 30.3 Å². The van der Waals surface area contributed by atoms with Crippen LogP contribution in [-0.4, -0.2) is 18.4 Å². The fourth-order valence-electron chi connectivity index (χ4n) is 9.22. The molecule has 13 rings (SSSR count). The minimum atomic E-state index is 0. The zero-order chi connectivity index (χ0) is 37.2. The summed E-state index contributed by atoms with van der Waals surface area (Å²) in [6.45, 7) is 4.28. The third kappa shape index (κ3) is 4.66. The van der Waals surface area contributed by atoms with Crippen LogP contribution >= 0.6 is 0 Å². The molecule has 0 spiro atoms. The van der Waals surface area contributed by atoms with Gasteiger partial charge in [0.05, 0.1) is 34.6 Å². The van der Waals surface area contributed by atoms with E-state index in [1.807, 2.05) is 58.8 Å². The first kappa shape index (κ1) is 33.7. The standard InChI is InChI=1S/C37H22N3.C14H11N2.Ir/c1-20-16-30(38-19-21(20)2)27-15-14-26-23-9-4-6-13-32(23)40-34-17-28-25-11-7-10-24-22-8-3-5-12-31(22)39(36(24)25)33(28)18-29(34)35(27)37(26)40;1-15-11-16(12-7-3-2-4-8-12)14-10-6-5-9-13(14)15;/h3-14,16-19H,1-2H3;2-7,9-10H,1H3;/q2*-1;+3. The fraction of sp³-hybridized carbons (Fsp3) is 0.0588. The second-order valence-electron chi connectivity index (χ2n) is 15.0. The van der Waals surface area contributed by atoms with Gasteiger partial charge < -0.3 is 22.9 Å². The minimum absolute atomic E-state index is 0. The van der Waals surface area contributed by atoms with E-state index >= 15 is 0 Å². The molecule has 0 fully saturated rings. The molecule has 0 unspecified atom stereocenters. The molecular formula is C51H33IrN5+. The molecule has 6 heterocycles. The van der Waals surface area contributed by atoms with E-state index in [1.165, 1.54) is 92.8 Å². The Morgan fingerprint density at radius 3 is 1.93 bits per heavy atom. The van der Waals surface area contributed by atoms with Crippen molar-refractivity contribution in [2.45, 2.75) is 13.8 Å². The van der Waals surface area contributed by atoms with Crippen molar-refractivity contribution in [3.63, 3.8) is 0 Å². The summed E-state index contributed by atoms with van der Waals surface area (Å²) in [6.07, 6.45) is 5.26. The maximum atomic E-state index is 4.90. The van der Waals surface area contributed by atoms with Crippen molar-refractivity contribution in [1.29, 1.82) is 0 Å². The van der Waals surface area contributed by atoms with Crippen molar-refractivity contribution < 1.29 is 24.7 Å². The molecule has 0 aliphatic rings. The van der Waals surface area contributed by atoms with Crippen LogP contribution in [-0.2, 0) is 27.2 Å². The Bertz CT molecular complexity index is 3680. The molecule has 6 aromatic heterocycles. The molecule has 0 aliphatic carbocycles. The van der Waals surface area contributed by atoms with Crippen molar-refractivity contribution in [1.82, 2.24) is 18.4 Å². The topological polar surface area (TPSA) is 30.5 Å². The Morgan fingerprint density at radius 2 is 1.18 bits per heavy atom. The zero-order valence-electron chi connectivity index (χ0n) is 31.4. The van der Waals surface area contributed by atoms with Crippen LogP contribution in [0, 0.1) is 32.3 Å². The number of fused-ring (bicyclic) bond motifs is 13. The quantitative estimate of drug-likeness (QED) is 0.126. The van der Waals surface area contributed by atoms with Gasteiger partial charge in [0.25, 0.3) is 0 Å². The Morgan fingerprint density at radius 1 is 0.544 bits per heavy atom. The number of rotatable bonds is 2. The number of benzene rings is 7. The number of hydrogen-bond donors (Lipinski definition) is 0. The van der Waals surface area contributed by atoms with E-state index in [0.717, 1.165) is 22.5 Å². The van der Waals surface area contributed by atoms with Gasteiger partial charge in [-0.3, -0.25) is 0 Å². The van der Waals surface area contributed by atoms with Gasteiger partial charge in [-0.1, -0.05) is 107 Å². The Labute approximate surface area is 341 Å². The maximum absolute atomic E-state index is 4.90. The molecule has 270 valence electrons. The number of para-hydroxylation sites is 6. The molecule has 0 saturated heterocycles. The third-order valence-corrected chi connectivity index (χ3v) is 11.9. The molecule has 7 aromatic carbocycles. The van der Waals surface area contributed by atoms with Gasteiger partial charge in [-0.15, -0.1) is 17.7 Å². The van der Waals surface area contributed by atoms with E-state index in [-0.39, 0.29) is 20.1 Å². The van der Waals surface area contributed by atoms with E-state index in [0.29, 0.717) is 0 Å². The van der Waals surface area contributed by atoms with Gasteiger partial charge in [0.2, 0.25) is 6.33 Å². The monoisotopic (exact) mass is 908 g/mol. The summed E-state index contributed by atoms with van der Waals surface area (Å²) < 4.78 is 8.96. The van der Waals surface area contributed by atoms with Crippen LogP contribution < -0.4 is 4.57 Å². The molecule has 57 heavy (non-hydrogen) atoms. The molecule has 13 aromatic rings. The fourth-order valence-corrected chi connectivity index (χ4v) is 9.22. The summed E-state index contributed by atoms with van der Waals surface area (Å²) in [6, 6.07) is 56.6. The van der Waals surface area contributed by atoms with Gasteiger partial charge in [0.15, 0.2) is 0 Å². The second kappa shape index (κ2) is 12.5. The Hall–Kier alpha value is -6.59. The summed E-state index contributed by atoms with van der Waals surface area (Å²) in [5, 5.41) is 10.2. The van der Waals surface area contributed by atoms with Gasteiger partial charge in [0.1, 0.15) is 0 Å². The number of aryl methyl sites for hydroxylation is 3. The average molecular weight is 908 g/mol. The largest absolute Gasteiger partial charge is 3.00 e. The molecule has 0 aliphatic heterocycles. The van der Waals surface area contributed by atoms with Gasteiger partial charge in [-0.25, -0.2) is 0 Å². The molecule has 0 saturated carbocycles. The summed E-state index contributed by atoms with van der Waals surface area (Å²) in [5.41, 5.74) is 15.3. The molecule has 0 amide bonds. The van der Waals surface area contributed by atoms with Crippen molar-refractivity contribution in [2.24, 2.45) is 7.05 Å². The molecule has 0 N–H and O–H groups in total. The third-order valence-electron chi connectivity index (χ3n) is 11.9. The smallest absolute Gasteiger partial charge is 0.342 e. The number of nitrogens with zero attached hydrogens (tertiary/aromatic N) is 5. The van der Waals surface area contributed by atoms with Crippen LogP contribution in [0.5, 0.6) is 0 Å². The van der Waals surface area contributed by atoms with Crippen molar-refractivity contribution >= 4 is 87.2 Å². The Balaban J connectivity index is 0.000000185. The van der Waals surface area contributed by atoms with Crippen molar-refractivity contribution in [2.75, 3.05) is 0 Å². The summed E-state index contributed by atoms with van der Waals surface area (Å²) in [7, 11) is 2.00. The first-order chi connectivity index (χ1) is 27.5. The molecule has 0 atom stereocenters. The van der Waals surface area contributed by atoms with E-state index in [9.17, 15) is 0 Å². The average Bonchev–Trinajstić information content (AvgIpc) is 4.03. The minimum Gasteiger partial charge on any atom is -0.342 e. The SMILES string of the molecule is C[n+]1[c-]n(-c2[c-]cccc2)c2ccccc21.Cc1cnc(-c2[c-]cc3c4ccccc4n4c5cc6c7cccc8c9ccccc9n(c6cc5c2c34)c87)cc1C.[Ir+3]. The molecular weight excluding hydrogens is 875 g/mol. The van der Waals surface area contributed by atoms with Crippen LogP contribution in [0.3, 0.4) is 0 Å². The predicted molar refractivity (Wildman–Crippen MR) is 229 cm³/mol. The van der Waals surface area contributed by atoms with Crippen LogP contribution in [0.15, 0.2) is 146 Å². The Kier molecular flexibility index (Phi) is 7.37. The van der Waals surface area contributed by atoms with E-state index in [1.54, 1.807) is 0 Å². The van der Waals surface area contributed by atoms with Crippen LogP contribution in [0.2, 0.25) is 0 Å². The summed E-state index contributed by atoms with van der Waals surface area (Å²) >= 11 is 0. The molecule has 5 nitrogen and oxygen atoms in total.